The van der Waals surface area contributed by atoms with Crippen LogP contribution in [-0.2, 0) is 0 Å². The van der Waals surface area contributed by atoms with Crippen LogP contribution in [0.3, 0.4) is 0 Å². The van der Waals surface area contributed by atoms with E-state index in [9.17, 15) is 0 Å². The zero-order chi connectivity index (χ0) is 5.15. The first-order valence-corrected chi connectivity index (χ1v) is 2.00. The predicted molar refractivity (Wildman–Crippen MR) is 33.3 cm³/mol. The van der Waals surface area contributed by atoms with Crippen molar-refractivity contribution >= 4 is 8.41 Å². The second-order valence-electron chi connectivity index (χ2n) is 1.48. The summed E-state index contributed by atoms with van der Waals surface area (Å²) in [5.74, 6) is 0. The van der Waals surface area contributed by atoms with E-state index in [2.05, 4.69) is 0 Å². The standard InChI is InChI=1S/C4H10O2.BH3/c1-3(5)4(2)6;/h3-6H,1-2H3;1H3. The van der Waals surface area contributed by atoms with Gasteiger partial charge in [0.2, 0.25) is 0 Å². The van der Waals surface area contributed by atoms with Crippen LogP contribution < -0.4 is 0 Å². The third kappa shape index (κ3) is 5.98. The zero-order valence-electron chi connectivity index (χ0n) is 4.05. The molecule has 0 radical (unpaired) electrons. The normalized spacial score (nSPS) is 17.1. The molecule has 0 aromatic rings. The summed E-state index contributed by atoms with van der Waals surface area (Å²) in [6.45, 7) is 3.09. The van der Waals surface area contributed by atoms with Crippen LogP contribution in [0.2, 0.25) is 0 Å². The van der Waals surface area contributed by atoms with Crippen molar-refractivity contribution < 1.29 is 10.2 Å². The topological polar surface area (TPSA) is 40.5 Å². The first-order chi connectivity index (χ1) is 2.64. The first-order valence-electron chi connectivity index (χ1n) is 2.00. The van der Waals surface area contributed by atoms with Gasteiger partial charge < -0.3 is 10.2 Å². The van der Waals surface area contributed by atoms with Gasteiger partial charge in [0.1, 0.15) is 0 Å². The highest BCUT2D eigenvalue weighted by Crippen LogP contribution is 1.85. The van der Waals surface area contributed by atoms with E-state index in [1.54, 1.807) is 13.8 Å². The molecular formula is C4H13BO2. The second kappa shape index (κ2) is 4.15. The molecular weight excluding hydrogens is 90.9 g/mol. The van der Waals surface area contributed by atoms with Crippen LogP contribution in [0.15, 0.2) is 0 Å². The minimum Gasteiger partial charge on any atom is -0.391 e. The molecule has 0 saturated heterocycles. The first kappa shape index (κ1) is 10.1. The largest absolute Gasteiger partial charge is 0.391 e. The van der Waals surface area contributed by atoms with Crippen molar-refractivity contribution in [1.29, 1.82) is 0 Å². The van der Waals surface area contributed by atoms with Gasteiger partial charge in [0.05, 0.1) is 20.6 Å². The summed E-state index contributed by atoms with van der Waals surface area (Å²) in [6, 6.07) is 0. The molecule has 0 saturated carbocycles. The average Bonchev–Trinajstić information content (AvgIpc) is 1.36. The van der Waals surface area contributed by atoms with Gasteiger partial charge in [-0.25, -0.2) is 0 Å². The van der Waals surface area contributed by atoms with Crippen LogP contribution in [0, 0.1) is 0 Å². The Bertz CT molecular complexity index is 30.7. The molecule has 0 fully saturated rings. The molecule has 7 heavy (non-hydrogen) atoms. The molecule has 2 unspecified atom stereocenters. The Morgan fingerprint density at radius 2 is 1.14 bits per heavy atom. The Hall–Kier alpha value is -0.0151. The molecule has 0 spiro atoms. The Kier molecular flexibility index (Phi) is 5.97. The van der Waals surface area contributed by atoms with Crippen molar-refractivity contribution in [1.82, 2.24) is 0 Å². The summed E-state index contributed by atoms with van der Waals surface area (Å²) < 4.78 is 0. The Morgan fingerprint density at radius 3 is 1.14 bits per heavy atom. The van der Waals surface area contributed by atoms with E-state index >= 15 is 0 Å². The van der Waals surface area contributed by atoms with E-state index in [4.69, 9.17) is 10.2 Å². The van der Waals surface area contributed by atoms with E-state index in [0.717, 1.165) is 0 Å². The molecule has 0 aliphatic rings. The Morgan fingerprint density at radius 1 is 1.00 bits per heavy atom. The summed E-state index contributed by atoms with van der Waals surface area (Å²) in [6.07, 6.45) is -1.19. The van der Waals surface area contributed by atoms with Crippen LogP contribution in [-0.4, -0.2) is 30.8 Å². The van der Waals surface area contributed by atoms with Gasteiger partial charge in [0.15, 0.2) is 0 Å². The molecule has 2 atom stereocenters. The van der Waals surface area contributed by atoms with Crippen LogP contribution in [0.5, 0.6) is 0 Å². The summed E-state index contributed by atoms with van der Waals surface area (Å²) in [5, 5.41) is 16.8. The lowest BCUT2D eigenvalue weighted by Crippen LogP contribution is -2.17. The van der Waals surface area contributed by atoms with E-state index in [1.165, 1.54) is 0 Å². The molecule has 2 N–H and O–H groups in total. The molecule has 2 nitrogen and oxygen atoms in total. The van der Waals surface area contributed by atoms with Gasteiger partial charge in [-0.2, -0.15) is 0 Å². The number of hydrogen-bond donors (Lipinski definition) is 2. The van der Waals surface area contributed by atoms with Gasteiger partial charge in [-0.05, 0) is 13.8 Å². The van der Waals surface area contributed by atoms with Gasteiger partial charge >= 0.3 is 0 Å². The van der Waals surface area contributed by atoms with Crippen LogP contribution in [0.25, 0.3) is 0 Å². The number of aliphatic hydroxyl groups is 2. The highest BCUT2D eigenvalue weighted by atomic mass is 16.3. The third-order valence-electron chi connectivity index (χ3n) is 0.698. The van der Waals surface area contributed by atoms with Gasteiger partial charge in [-0.15, -0.1) is 0 Å². The number of hydrogen-bond acceptors (Lipinski definition) is 2. The molecule has 0 aromatic carbocycles. The molecule has 0 heterocycles. The van der Waals surface area contributed by atoms with Crippen LogP contribution >= 0.6 is 0 Å². The Balaban J connectivity index is 0. The van der Waals surface area contributed by atoms with Crippen molar-refractivity contribution in [3.8, 4) is 0 Å². The minimum atomic E-state index is -0.593. The van der Waals surface area contributed by atoms with Gasteiger partial charge in [-0.3, -0.25) is 0 Å². The molecule has 44 valence electrons. The van der Waals surface area contributed by atoms with Crippen molar-refractivity contribution in [2.24, 2.45) is 0 Å². The molecule has 0 aliphatic heterocycles. The smallest absolute Gasteiger partial charge is 0.0814 e. The van der Waals surface area contributed by atoms with E-state index in [-0.39, 0.29) is 8.41 Å². The lowest BCUT2D eigenvalue weighted by atomic mass is 10.3. The minimum absolute atomic E-state index is 0. The zero-order valence-corrected chi connectivity index (χ0v) is 4.05. The molecule has 0 rings (SSSR count). The van der Waals surface area contributed by atoms with Crippen molar-refractivity contribution in [2.45, 2.75) is 26.1 Å². The molecule has 0 bridgehead atoms. The predicted octanol–water partition coefficient (Wildman–Crippen LogP) is -1.44. The fourth-order valence-electron chi connectivity index (χ4n) is 0. The molecule has 0 aromatic heterocycles. The summed E-state index contributed by atoms with van der Waals surface area (Å²) in [4.78, 5) is 0. The highest BCUT2D eigenvalue weighted by Gasteiger charge is 1.99. The van der Waals surface area contributed by atoms with Gasteiger partial charge in [0, 0.05) is 0 Å². The molecule has 0 aliphatic carbocycles. The SMILES string of the molecule is B.CC(O)C(C)O. The second-order valence-corrected chi connectivity index (χ2v) is 1.48. The maximum Gasteiger partial charge on any atom is 0.0814 e. The molecule has 0 amide bonds. The van der Waals surface area contributed by atoms with Crippen LogP contribution in [0.4, 0.5) is 0 Å². The maximum atomic E-state index is 8.38. The number of rotatable bonds is 1. The van der Waals surface area contributed by atoms with Gasteiger partial charge in [-0.1, -0.05) is 0 Å². The monoisotopic (exact) mass is 104 g/mol. The third-order valence-corrected chi connectivity index (χ3v) is 0.698. The van der Waals surface area contributed by atoms with Gasteiger partial charge in [0.25, 0.3) is 0 Å². The highest BCUT2D eigenvalue weighted by molar-refractivity contribution is 5.75. The summed E-state index contributed by atoms with van der Waals surface area (Å²) in [5.41, 5.74) is 0. The van der Waals surface area contributed by atoms with Crippen molar-refractivity contribution in [2.75, 3.05) is 0 Å². The fraction of sp³-hybridized carbons (Fsp3) is 1.00. The lowest BCUT2D eigenvalue weighted by molar-refractivity contribution is 0.0438. The summed E-state index contributed by atoms with van der Waals surface area (Å²) >= 11 is 0. The fourth-order valence-corrected chi connectivity index (χ4v) is 0. The van der Waals surface area contributed by atoms with Crippen molar-refractivity contribution in [3.05, 3.63) is 0 Å². The maximum absolute atomic E-state index is 8.38. The van der Waals surface area contributed by atoms with E-state index in [0.29, 0.717) is 0 Å². The molecule has 3 heteroatoms. The quantitative estimate of drug-likeness (QED) is 0.400. The average molecular weight is 104 g/mol. The van der Waals surface area contributed by atoms with Crippen molar-refractivity contribution in [3.63, 3.8) is 0 Å². The van der Waals surface area contributed by atoms with Crippen LogP contribution in [0.1, 0.15) is 13.8 Å². The Labute approximate surface area is 45.7 Å². The number of aliphatic hydroxyl groups excluding tert-OH is 2. The van der Waals surface area contributed by atoms with E-state index in [1.807, 2.05) is 0 Å². The summed E-state index contributed by atoms with van der Waals surface area (Å²) in [7, 11) is 0. The lowest BCUT2D eigenvalue weighted by Gasteiger charge is -2.03. The van der Waals surface area contributed by atoms with E-state index < -0.39 is 12.2 Å².